The van der Waals surface area contributed by atoms with Crippen LogP contribution in [-0.4, -0.2) is 61.9 Å². The number of nitrogens with zero attached hydrogens (tertiary/aromatic N) is 2. The number of likely N-dealkylation sites (tertiary alicyclic amines) is 1. The quantitative estimate of drug-likeness (QED) is 0.428. The molecule has 4 rings (SSSR count). The number of nitrogens with one attached hydrogen (secondary N) is 1. The van der Waals surface area contributed by atoms with Gasteiger partial charge in [-0.1, -0.05) is 6.07 Å². The second kappa shape index (κ2) is 9.91. The van der Waals surface area contributed by atoms with Crippen molar-refractivity contribution in [2.24, 2.45) is 0 Å². The minimum atomic E-state index is -4.44. The molecule has 2 N–H and O–H groups in total. The van der Waals surface area contributed by atoms with Crippen LogP contribution in [0.1, 0.15) is 18.4 Å². The Morgan fingerprint density at radius 3 is 2.57 bits per heavy atom. The van der Waals surface area contributed by atoms with E-state index >= 15 is 0 Å². The second-order valence-corrected chi connectivity index (χ2v) is 9.63. The van der Waals surface area contributed by atoms with Crippen molar-refractivity contribution in [1.29, 1.82) is 0 Å². The van der Waals surface area contributed by atoms with Crippen LogP contribution < -0.4 is 14.8 Å². The van der Waals surface area contributed by atoms with Crippen LogP contribution in [0.2, 0.25) is 0 Å². The van der Waals surface area contributed by atoms with Gasteiger partial charge in [-0.05, 0) is 48.7 Å². The lowest BCUT2D eigenvalue weighted by Crippen LogP contribution is -2.38. The molecule has 0 spiro atoms. The van der Waals surface area contributed by atoms with Crippen molar-refractivity contribution in [3.63, 3.8) is 0 Å². The van der Waals surface area contributed by atoms with Gasteiger partial charge in [-0.15, -0.1) is 0 Å². The third-order valence-corrected chi connectivity index (χ3v) is 6.45. The maximum absolute atomic E-state index is 12.5. The minimum absolute atomic E-state index is 0.0481. The zero-order chi connectivity index (χ0) is 25.2. The molecule has 1 saturated heterocycles. The summed E-state index contributed by atoms with van der Waals surface area (Å²) in [5.41, 5.74) is 1.51. The SMILES string of the molecule is COc1ccc(CN2CCC(Nc3nc4cc(S(=O)(=O)O)ccc4o3)CC2)cc1OCC(F)(F)F. The van der Waals surface area contributed by atoms with E-state index in [0.29, 0.717) is 17.6 Å². The lowest BCUT2D eigenvalue weighted by molar-refractivity contribution is -0.153. The number of ether oxygens (including phenoxy) is 2. The molecule has 1 aliphatic rings. The Bertz CT molecular complexity index is 1290. The Kier molecular flexibility index (Phi) is 7.10. The predicted molar refractivity (Wildman–Crippen MR) is 120 cm³/mol. The number of aromatic nitrogens is 1. The number of benzene rings is 2. The number of fused-ring (bicyclic) bond motifs is 1. The van der Waals surface area contributed by atoms with E-state index in [1.54, 1.807) is 18.2 Å². The van der Waals surface area contributed by atoms with E-state index in [-0.39, 0.29) is 28.5 Å². The maximum atomic E-state index is 12.5. The van der Waals surface area contributed by atoms with Gasteiger partial charge in [0.1, 0.15) is 5.52 Å². The summed E-state index contributed by atoms with van der Waals surface area (Å²) >= 11 is 0. The summed E-state index contributed by atoms with van der Waals surface area (Å²) in [6, 6.07) is 9.19. The van der Waals surface area contributed by atoms with Gasteiger partial charge in [-0.3, -0.25) is 9.45 Å². The fraction of sp³-hybridized carbons (Fsp3) is 0.409. The van der Waals surface area contributed by atoms with Gasteiger partial charge in [0.25, 0.3) is 16.1 Å². The third kappa shape index (κ3) is 6.55. The van der Waals surface area contributed by atoms with Crippen molar-refractivity contribution < 1.29 is 40.0 Å². The largest absolute Gasteiger partial charge is 0.493 e. The number of oxazole rings is 1. The molecule has 13 heteroatoms. The Morgan fingerprint density at radius 1 is 1.17 bits per heavy atom. The van der Waals surface area contributed by atoms with E-state index in [2.05, 4.69) is 15.2 Å². The molecule has 1 aliphatic heterocycles. The van der Waals surface area contributed by atoms with Gasteiger partial charge >= 0.3 is 6.18 Å². The summed E-state index contributed by atoms with van der Waals surface area (Å²) in [6.07, 6.45) is -2.91. The van der Waals surface area contributed by atoms with E-state index in [0.717, 1.165) is 31.5 Å². The zero-order valence-electron chi connectivity index (χ0n) is 18.7. The lowest BCUT2D eigenvalue weighted by atomic mass is 10.0. The highest BCUT2D eigenvalue weighted by Gasteiger charge is 2.29. The molecule has 0 aliphatic carbocycles. The summed E-state index contributed by atoms with van der Waals surface area (Å²) in [5, 5.41) is 3.21. The van der Waals surface area contributed by atoms with E-state index in [1.165, 1.54) is 25.3 Å². The Balaban J connectivity index is 1.33. The average Bonchev–Trinajstić information content (AvgIpc) is 3.19. The molecular formula is C22H24F3N3O6S. The van der Waals surface area contributed by atoms with Crippen LogP contribution in [0.15, 0.2) is 45.7 Å². The summed E-state index contributed by atoms with van der Waals surface area (Å²) in [7, 11) is -2.96. The maximum Gasteiger partial charge on any atom is 0.422 e. The first-order chi connectivity index (χ1) is 16.5. The highest BCUT2D eigenvalue weighted by Crippen LogP contribution is 2.31. The molecule has 2 heterocycles. The Hall–Kier alpha value is -3.03. The number of rotatable bonds is 8. The number of piperidine rings is 1. The van der Waals surface area contributed by atoms with Crippen molar-refractivity contribution >= 4 is 27.2 Å². The van der Waals surface area contributed by atoms with Gasteiger partial charge in [0, 0.05) is 25.7 Å². The standard InChI is InChI=1S/C22H24F3N3O6S/c1-32-19-4-2-14(10-20(19)33-13-22(23,24)25)12-28-8-6-15(7-9-28)26-21-27-17-11-16(35(29,30)31)3-5-18(17)34-21/h2-5,10-11,15H,6-9,12-13H2,1H3,(H,26,27)(H,29,30,31). The molecule has 0 radical (unpaired) electrons. The molecule has 1 aromatic heterocycles. The normalized spacial score (nSPS) is 15.9. The molecule has 0 bridgehead atoms. The van der Waals surface area contributed by atoms with E-state index in [9.17, 15) is 26.1 Å². The molecule has 35 heavy (non-hydrogen) atoms. The van der Waals surface area contributed by atoms with Crippen LogP contribution in [0.3, 0.4) is 0 Å². The summed E-state index contributed by atoms with van der Waals surface area (Å²) in [6.45, 7) is 0.613. The Morgan fingerprint density at radius 2 is 1.91 bits per heavy atom. The molecule has 0 saturated carbocycles. The van der Waals surface area contributed by atoms with Crippen LogP contribution >= 0.6 is 0 Å². The molecule has 9 nitrogen and oxygen atoms in total. The van der Waals surface area contributed by atoms with Crippen molar-refractivity contribution in [1.82, 2.24) is 9.88 Å². The van der Waals surface area contributed by atoms with Crippen LogP contribution in [0.4, 0.5) is 19.2 Å². The molecule has 0 amide bonds. The number of hydrogen-bond acceptors (Lipinski definition) is 8. The minimum Gasteiger partial charge on any atom is -0.493 e. The fourth-order valence-corrected chi connectivity index (χ4v) is 4.39. The molecule has 0 unspecified atom stereocenters. The molecule has 3 aromatic rings. The molecule has 190 valence electrons. The summed E-state index contributed by atoms with van der Waals surface area (Å²) in [4.78, 5) is 6.17. The smallest absolute Gasteiger partial charge is 0.422 e. The van der Waals surface area contributed by atoms with Gasteiger partial charge < -0.3 is 19.2 Å². The molecular weight excluding hydrogens is 491 g/mol. The first-order valence-corrected chi connectivity index (χ1v) is 12.2. The van der Waals surface area contributed by atoms with Crippen LogP contribution in [0, 0.1) is 0 Å². The first-order valence-electron chi connectivity index (χ1n) is 10.7. The van der Waals surface area contributed by atoms with E-state index < -0.39 is 22.9 Å². The highest BCUT2D eigenvalue weighted by molar-refractivity contribution is 7.85. The van der Waals surface area contributed by atoms with Gasteiger partial charge in [-0.2, -0.15) is 26.6 Å². The fourth-order valence-electron chi connectivity index (χ4n) is 3.89. The number of anilines is 1. The number of hydrogen-bond donors (Lipinski definition) is 2. The van der Waals surface area contributed by atoms with Crippen molar-refractivity contribution in [2.45, 2.75) is 36.5 Å². The molecule has 0 atom stereocenters. The van der Waals surface area contributed by atoms with Crippen molar-refractivity contribution in [3.05, 3.63) is 42.0 Å². The summed E-state index contributed by atoms with van der Waals surface area (Å²) in [5.74, 6) is 0.287. The van der Waals surface area contributed by atoms with Crippen molar-refractivity contribution in [3.8, 4) is 11.5 Å². The van der Waals surface area contributed by atoms with Crippen LogP contribution in [0.5, 0.6) is 11.5 Å². The molecule has 2 aromatic carbocycles. The second-order valence-electron chi connectivity index (χ2n) is 8.21. The van der Waals surface area contributed by atoms with Crippen molar-refractivity contribution in [2.75, 3.05) is 32.1 Å². The number of alkyl halides is 3. The number of halogens is 3. The first kappa shape index (κ1) is 25.1. The zero-order valence-corrected chi connectivity index (χ0v) is 19.5. The van der Waals surface area contributed by atoms with Gasteiger partial charge in [0.2, 0.25) is 0 Å². The average molecular weight is 516 g/mol. The van der Waals surface area contributed by atoms with Crippen LogP contribution in [-0.2, 0) is 16.7 Å². The lowest BCUT2D eigenvalue weighted by Gasteiger charge is -2.32. The van der Waals surface area contributed by atoms with Gasteiger partial charge in [0.15, 0.2) is 23.7 Å². The third-order valence-electron chi connectivity index (χ3n) is 5.60. The topological polar surface area (TPSA) is 114 Å². The number of methoxy groups -OCH3 is 1. The monoisotopic (exact) mass is 515 g/mol. The van der Waals surface area contributed by atoms with Crippen LogP contribution in [0.25, 0.3) is 11.1 Å². The highest BCUT2D eigenvalue weighted by atomic mass is 32.2. The van der Waals surface area contributed by atoms with E-state index in [1.807, 2.05) is 0 Å². The van der Waals surface area contributed by atoms with Gasteiger partial charge in [-0.25, -0.2) is 0 Å². The predicted octanol–water partition coefficient (Wildman–Crippen LogP) is 4.10. The van der Waals surface area contributed by atoms with Gasteiger partial charge in [0.05, 0.1) is 12.0 Å². The Labute approximate surface area is 199 Å². The van der Waals surface area contributed by atoms with E-state index in [4.69, 9.17) is 13.9 Å². The molecule has 1 fully saturated rings. The summed E-state index contributed by atoms with van der Waals surface area (Å²) < 4.78 is 85.1.